The van der Waals surface area contributed by atoms with Gasteiger partial charge in [0.15, 0.2) is 0 Å². The molecule has 6 heteroatoms. The lowest BCUT2D eigenvalue weighted by Crippen LogP contribution is -2.21. The zero-order valence-electron chi connectivity index (χ0n) is 11.1. The number of carbonyl (C=O) groups excluding carboxylic acids is 2. The number of nitrogens with one attached hydrogen (secondary N) is 2. The number of para-hydroxylation sites is 1. The van der Waals surface area contributed by atoms with Crippen molar-refractivity contribution in [2.75, 3.05) is 12.4 Å². The molecule has 0 aromatic heterocycles. The first kappa shape index (κ1) is 15.7. The molecule has 2 aromatic carbocycles. The lowest BCUT2D eigenvalue weighted by Gasteiger charge is -2.10. The minimum absolute atomic E-state index is 0.249. The van der Waals surface area contributed by atoms with Crippen LogP contribution in [0.4, 0.5) is 5.69 Å². The van der Waals surface area contributed by atoms with Gasteiger partial charge in [0.1, 0.15) is 0 Å². The average Bonchev–Trinajstić information content (AvgIpc) is 2.46. The number of hydrogen-bond donors (Lipinski definition) is 2. The van der Waals surface area contributed by atoms with Crippen molar-refractivity contribution in [1.29, 1.82) is 0 Å². The monoisotopic (exact) mass is 410 g/mol. The Morgan fingerprint density at radius 2 is 1.57 bits per heavy atom. The highest BCUT2D eigenvalue weighted by molar-refractivity contribution is 9.11. The molecule has 2 N–H and O–H groups in total. The first-order chi connectivity index (χ1) is 10.0. The molecule has 0 aliphatic rings. The summed E-state index contributed by atoms with van der Waals surface area (Å²) in [5.74, 6) is -0.533. The topological polar surface area (TPSA) is 58.2 Å². The van der Waals surface area contributed by atoms with Crippen LogP contribution in [0.5, 0.6) is 0 Å². The standard InChI is InChI=1S/C15H12Br2N2O2/c1-18-15(21)12-4-2-3-5-13(12)19-14(20)9-6-10(16)8-11(17)7-9/h2-8H,1H3,(H,18,21)(H,19,20). The predicted octanol–water partition coefficient (Wildman–Crippen LogP) is 3.82. The molecule has 0 bridgehead atoms. The zero-order valence-corrected chi connectivity index (χ0v) is 14.3. The van der Waals surface area contributed by atoms with Gasteiger partial charge in [-0.15, -0.1) is 0 Å². The van der Waals surface area contributed by atoms with Gasteiger partial charge in [0.25, 0.3) is 11.8 Å². The second kappa shape index (κ2) is 6.87. The smallest absolute Gasteiger partial charge is 0.255 e. The predicted molar refractivity (Wildman–Crippen MR) is 89.6 cm³/mol. The molecule has 2 rings (SSSR count). The fourth-order valence-electron chi connectivity index (χ4n) is 1.80. The number of benzene rings is 2. The molecule has 0 radical (unpaired) electrons. The van der Waals surface area contributed by atoms with Crippen LogP contribution in [0.3, 0.4) is 0 Å². The lowest BCUT2D eigenvalue weighted by atomic mass is 10.1. The van der Waals surface area contributed by atoms with E-state index in [1.165, 1.54) is 0 Å². The minimum Gasteiger partial charge on any atom is -0.355 e. The number of amides is 2. The van der Waals surface area contributed by atoms with Crippen LogP contribution in [0.25, 0.3) is 0 Å². The summed E-state index contributed by atoms with van der Waals surface area (Å²) in [4.78, 5) is 24.1. The molecule has 4 nitrogen and oxygen atoms in total. The second-order valence-corrected chi connectivity index (χ2v) is 6.07. The Morgan fingerprint density at radius 1 is 0.952 bits per heavy atom. The van der Waals surface area contributed by atoms with Crippen LogP contribution in [0.2, 0.25) is 0 Å². The maximum atomic E-state index is 12.3. The van der Waals surface area contributed by atoms with Gasteiger partial charge in [-0.1, -0.05) is 44.0 Å². The average molecular weight is 412 g/mol. The van der Waals surface area contributed by atoms with Gasteiger partial charge in [0.05, 0.1) is 11.3 Å². The highest BCUT2D eigenvalue weighted by Gasteiger charge is 2.13. The third-order valence-corrected chi connectivity index (χ3v) is 3.69. The Balaban J connectivity index is 2.30. The van der Waals surface area contributed by atoms with E-state index >= 15 is 0 Å². The van der Waals surface area contributed by atoms with E-state index in [9.17, 15) is 9.59 Å². The molecule has 0 heterocycles. The van der Waals surface area contributed by atoms with Gasteiger partial charge in [-0.25, -0.2) is 0 Å². The molecular weight excluding hydrogens is 400 g/mol. The number of halogens is 2. The third-order valence-electron chi connectivity index (χ3n) is 2.77. The van der Waals surface area contributed by atoms with Crippen LogP contribution in [0.1, 0.15) is 20.7 Å². The molecular formula is C15H12Br2N2O2. The van der Waals surface area contributed by atoms with E-state index in [1.807, 2.05) is 6.07 Å². The summed E-state index contributed by atoms with van der Waals surface area (Å²) in [6, 6.07) is 12.1. The van der Waals surface area contributed by atoms with E-state index in [0.717, 1.165) is 8.95 Å². The SMILES string of the molecule is CNC(=O)c1ccccc1NC(=O)c1cc(Br)cc(Br)c1. The summed E-state index contributed by atoms with van der Waals surface area (Å²) < 4.78 is 1.59. The molecule has 21 heavy (non-hydrogen) atoms. The summed E-state index contributed by atoms with van der Waals surface area (Å²) in [5.41, 5.74) is 1.38. The van der Waals surface area contributed by atoms with Gasteiger partial charge in [-0.3, -0.25) is 9.59 Å². The van der Waals surface area contributed by atoms with Gasteiger partial charge in [-0.05, 0) is 30.3 Å². The molecule has 2 aromatic rings. The van der Waals surface area contributed by atoms with Crippen LogP contribution >= 0.6 is 31.9 Å². The Bertz CT molecular complexity index is 682. The summed E-state index contributed by atoms with van der Waals surface area (Å²) >= 11 is 6.68. The van der Waals surface area contributed by atoms with Gasteiger partial charge < -0.3 is 10.6 Å². The molecule has 0 saturated heterocycles. The van der Waals surface area contributed by atoms with E-state index < -0.39 is 0 Å². The molecule has 0 saturated carbocycles. The van der Waals surface area contributed by atoms with Gasteiger partial charge in [0, 0.05) is 21.6 Å². The Kier molecular flexibility index (Phi) is 5.14. The molecule has 0 aliphatic heterocycles. The van der Waals surface area contributed by atoms with Crippen molar-refractivity contribution in [3.8, 4) is 0 Å². The van der Waals surface area contributed by atoms with E-state index in [0.29, 0.717) is 16.8 Å². The van der Waals surface area contributed by atoms with Crippen LogP contribution < -0.4 is 10.6 Å². The fourth-order valence-corrected chi connectivity index (χ4v) is 3.10. The van der Waals surface area contributed by atoms with E-state index in [2.05, 4.69) is 42.5 Å². The van der Waals surface area contributed by atoms with Crippen molar-refractivity contribution in [3.05, 3.63) is 62.5 Å². The van der Waals surface area contributed by atoms with Gasteiger partial charge in [0.2, 0.25) is 0 Å². The molecule has 2 amide bonds. The zero-order chi connectivity index (χ0) is 15.4. The van der Waals surface area contributed by atoms with Crippen molar-refractivity contribution in [3.63, 3.8) is 0 Å². The Labute approximate surface area is 139 Å². The highest BCUT2D eigenvalue weighted by Crippen LogP contribution is 2.22. The first-order valence-electron chi connectivity index (χ1n) is 6.10. The maximum absolute atomic E-state index is 12.3. The summed E-state index contributed by atoms with van der Waals surface area (Å²) in [6.45, 7) is 0. The Hall–Kier alpha value is -1.66. The maximum Gasteiger partial charge on any atom is 0.255 e. The largest absolute Gasteiger partial charge is 0.355 e. The summed E-state index contributed by atoms with van der Waals surface area (Å²) in [6.07, 6.45) is 0. The van der Waals surface area contributed by atoms with Crippen molar-refractivity contribution < 1.29 is 9.59 Å². The first-order valence-corrected chi connectivity index (χ1v) is 7.68. The normalized spacial score (nSPS) is 10.0. The number of hydrogen-bond acceptors (Lipinski definition) is 2. The van der Waals surface area contributed by atoms with Crippen LogP contribution in [-0.4, -0.2) is 18.9 Å². The van der Waals surface area contributed by atoms with E-state index in [1.54, 1.807) is 43.4 Å². The summed E-state index contributed by atoms with van der Waals surface area (Å²) in [5, 5.41) is 5.30. The van der Waals surface area contributed by atoms with Crippen molar-refractivity contribution in [2.45, 2.75) is 0 Å². The van der Waals surface area contributed by atoms with E-state index in [4.69, 9.17) is 0 Å². The fraction of sp³-hybridized carbons (Fsp3) is 0.0667. The Morgan fingerprint density at radius 3 is 2.19 bits per heavy atom. The number of anilines is 1. The lowest BCUT2D eigenvalue weighted by molar-refractivity contribution is 0.0964. The third kappa shape index (κ3) is 3.92. The quantitative estimate of drug-likeness (QED) is 0.806. The molecule has 0 fully saturated rings. The molecule has 0 atom stereocenters. The number of carbonyl (C=O) groups is 2. The minimum atomic E-state index is -0.284. The molecule has 108 valence electrons. The van der Waals surface area contributed by atoms with Crippen LogP contribution in [0, 0.1) is 0 Å². The van der Waals surface area contributed by atoms with Crippen LogP contribution in [0.15, 0.2) is 51.4 Å². The van der Waals surface area contributed by atoms with Crippen LogP contribution in [-0.2, 0) is 0 Å². The number of rotatable bonds is 3. The van der Waals surface area contributed by atoms with Gasteiger partial charge in [-0.2, -0.15) is 0 Å². The van der Waals surface area contributed by atoms with Crippen molar-refractivity contribution in [2.24, 2.45) is 0 Å². The summed E-state index contributed by atoms with van der Waals surface area (Å²) in [7, 11) is 1.55. The molecule has 0 spiro atoms. The molecule has 0 unspecified atom stereocenters. The van der Waals surface area contributed by atoms with E-state index in [-0.39, 0.29) is 11.8 Å². The second-order valence-electron chi connectivity index (χ2n) is 4.24. The van der Waals surface area contributed by atoms with Crippen molar-refractivity contribution >= 4 is 49.4 Å². The van der Waals surface area contributed by atoms with Gasteiger partial charge >= 0.3 is 0 Å². The molecule has 0 aliphatic carbocycles. The van der Waals surface area contributed by atoms with Crippen molar-refractivity contribution in [1.82, 2.24) is 5.32 Å². The highest BCUT2D eigenvalue weighted by atomic mass is 79.9.